The van der Waals surface area contributed by atoms with Gasteiger partial charge in [-0.05, 0) is 37.6 Å². The first-order valence-corrected chi connectivity index (χ1v) is 5.11. The molecule has 0 heterocycles. The molecule has 5 N–H and O–H groups in total. The van der Waals surface area contributed by atoms with E-state index >= 15 is 0 Å². The van der Waals surface area contributed by atoms with E-state index in [9.17, 15) is 9.90 Å². The molecule has 0 aliphatic carbocycles. The summed E-state index contributed by atoms with van der Waals surface area (Å²) in [6, 6.07) is 4.41. The number of phenols is 1. The van der Waals surface area contributed by atoms with Crippen LogP contribution in [0.1, 0.15) is 23.2 Å². The number of benzene rings is 1. The zero-order valence-corrected chi connectivity index (χ0v) is 8.98. The van der Waals surface area contributed by atoms with Crippen molar-refractivity contribution in [1.82, 2.24) is 0 Å². The van der Waals surface area contributed by atoms with Gasteiger partial charge in [0.25, 0.3) is 5.91 Å². The van der Waals surface area contributed by atoms with Crippen molar-refractivity contribution in [3.05, 3.63) is 23.8 Å². The monoisotopic (exact) mass is 224 g/mol. The van der Waals surface area contributed by atoms with Crippen LogP contribution >= 0.6 is 0 Å². The molecule has 16 heavy (non-hydrogen) atoms. The van der Waals surface area contributed by atoms with E-state index in [1.807, 2.05) is 0 Å². The Morgan fingerprint density at radius 3 is 2.75 bits per heavy atom. The highest BCUT2D eigenvalue weighted by Crippen LogP contribution is 2.22. The quantitative estimate of drug-likeness (QED) is 0.616. The molecule has 1 aromatic carbocycles. The van der Waals surface area contributed by atoms with Crippen LogP contribution in [0.3, 0.4) is 0 Å². The van der Waals surface area contributed by atoms with E-state index in [2.05, 4.69) is 0 Å². The third-order valence-corrected chi connectivity index (χ3v) is 2.10. The molecular weight excluding hydrogens is 208 g/mol. The molecule has 0 saturated carbocycles. The van der Waals surface area contributed by atoms with E-state index in [0.717, 1.165) is 12.8 Å². The van der Waals surface area contributed by atoms with E-state index in [-0.39, 0.29) is 11.3 Å². The Hall–Kier alpha value is -1.75. The van der Waals surface area contributed by atoms with Gasteiger partial charge < -0.3 is 21.3 Å². The lowest BCUT2D eigenvalue weighted by Gasteiger charge is -2.07. The molecule has 0 atom stereocenters. The normalized spacial score (nSPS) is 10.1. The molecule has 0 fully saturated rings. The number of carbonyl (C=O) groups is 1. The van der Waals surface area contributed by atoms with Crippen molar-refractivity contribution in [2.24, 2.45) is 11.5 Å². The van der Waals surface area contributed by atoms with Crippen LogP contribution in [0.25, 0.3) is 0 Å². The summed E-state index contributed by atoms with van der Waals surface area (Å²) in [5.74, 6) is -0.296. The summed E-state index contributed by atoms with van der Waals surface area (Å²) in [5.41, 5.74) is 10.5. The fourth-order valence-electron chi connectivity index (χ4n) is 1.24. The van der Waals surface area contributed by atoms with Gasteiger partial charge in [-0.2, -0.15) is 0 Å². The summed E-state index contributed by atoms with van der Waals surface area (Å²) in [6.07, 6.45) is 1.74. The topological polar surface area (TPSA) is 98.6 Å². The molecule has 1 rings (SSSR count). The molecule has 0 aliphatic heterocycles. The number of ether oxygens (including phenoxy) is 1. The second kappa shape index (κ2) is 5.97. The van der Waals surface area contributed by atoms with E-state index in [0.29, 0.717) is 18.9 Å². The number of hydrogen-bond acceptors (Lipinski definition) is 4. The number of amides is 1. The summed E-state index contributed by atoms with van der Waals surface area (Å²) in [4.78, 5) is 10.9. The highest BCUT2D eigenvalue weighted by atomic mass is 16.5. The van der Waals surface area contributed by atoms with Crippen molar-refractivity contribution in [1.29, 1.82) is 0 Å². The van der Waals surface area contributed by atoms with E-state index in [1.54, 1.807) is 6.07 Å². The van der Waals surface area contributed by atoms with Gasteiger partial charge in [0.2, 0.25) is 0 Å². The minimum absolute atomic E-state index is 0.0660. The van der Waals surface area contributed by atoms with Gasteiger partial charge in [0.1, 0.15) is 11.5 Å². The van der Waals surface area contributed by atoms with Gasteiger partial charge in [-0.1, -0.05) is 0 Å². The first-order chi connectivity index (χ1) is 7.65. The standard InChI is InChI=1S/C11H16N2O3/c12-5-1-2-6-16-8-3-4-10(14)9(7-8)11(13)15/h3-4,7,14H,1-2,5-6,12H2,(H2,13,15). The second-order valence-corrected chi connectivity index (χ2v) is 3.39. The molecule has 5 nitrogen and oxygen atoms in total. The maximum absolute atomic E-state index is 10.9. The smallest absolute Gasteiger partial charge is 0.252 e. The van der Waals surface area contributed by atoms with Crippen molar-refractivity contribution in [2.45, 2.75) is 12.8 Å². The first kappa shape index (κ1) is 12.3. The average molecular weight is 224 g/mol. The van der Waals surface area contributed by atoms with Crippen LogP contribution in [0.15, 0.2) is 18.2 Å². The zero-order chi connectivity index (χ0) is 12.0. The lowest BCUT2D eigenvalue weighted by molar-refractivity contribution is 0.0997. The Balaban J connectivity index is 2.61. The Morgan fingerprint density at radius 2 is 2.12 bits per heavy atom. The fraction of sp³-hybridized carbons (Fsp3) is 0.364. The summed E-state index contributed by atoms with van der Waals surface area (Å²) < 4.78 is 5.38. The van der Waals surface area contributed by atoms with Gasteiger partial charge in [-0.25, -0.2) is 0 Å². The summed E-state index contributed by atoms with van der Waals surface area (Å²) >= 11 is 0. The Kier molecular flexibility index (Phi) is 4.60. The number of aromatic hydroxyl groups is 1. The molecule has 0 saturated heterocycles. The van der Waals surface area contributed by atoms with Crippen LogP contribution in [0.5, 0.6) is 11.5 Å². The minimum atomic E-state index is -0.676. The highest BCUT2D eigenvalue weighted by Gasteiger charge is 2.08. The molecule has 88 valence electrons. The molecule has 0 radical (unpaired) electrons. The molecule has 1 aromatic rings. The highest BCUT2D eigenvalue weighted by molar-refractivity contribution is 5.95. The lowest BCUT2D eigenvalue weighted by Crippen LogP contribution is -2.11. The predicted molar refractivity (Wildman–Crippen MR) is 60.4 cm³/mol. The van der Waals surface area contributed by atoms with Gasteiger partial charge in [-0.15, -0.1) is 0 Å². The largest absolute Gasteiger partial charge is 0.507 e. The summed E-state index contributed by atoms with van der Waals surface area (Å²) in [5, 5.41) is 9.34. The van der Waals surface area contributed by atoms with Crippen LogP contribution in [-0.2, 0) is 0 Å². The number of unbranched alkanes of at least 4 members (excludes halogenated alkanes) is 1. The van der Waals surface area contributed by atoms with Gasteiger partial charge in [0.15, 0.2) is 0 Å². The van der Waals surface area contributed by atoms with Crippen molar-refractivity contribution in [3.8, 4) is 11.5 Å². The fourth-order valence-corrected chi connectivity index (χ4v) is 1.24. The lowest BCUT2D eigenvalue weighted by atomic mass is 10.2. The molecule has 0 bridgehead atoms. The number of nitrogens with two attached hydrogens (primary N) is 2. The van der Waals surface area contributed by atoms with E-state index in [1.165, 1.54) is 12.1 Å². The molecule has 0 spiro atoms. The van der Waals surface area contributed by atoms with Gasteiger partial charge >= 0.3 is 0 Å². The summed E-state index contributed by atoms with van der Waals surface area (Å²) in [6.45, 7) is 1.16. The third-order valence-electron chi connectivity index (χ3n) is 2.10. The van der Waals surface area contributed by atoms with Gasteiger partial charge in [-0.3, -0.25) is 4.79 Å². The van der Waals surface area contributed by atoms with E-state index in [4.69, 9.17) is 16.2 Å². The van der Waals surface area contributed by atoms with Crippen molar-refractivity contribution < 1.29 is 14.6 Å². The SMILES string of the molecule is NCCCCOc1ccc(O)c(C(N)=O)c1. The number of carbonyl (C=O) groups excluding carboxylic acids is 1. The first-order valence-electron chi connectivity index (χ1n) is 5.11. The molecular formula is C11H16N2O3. The maximum Gasteiger partial charge on any atom is 0.252 e. The van der Waals surface area contributed by atoms with Crippen LogP contribution < -0.4 is 16.2 Å². The van der Waals surface area contributed by atoms with Crippen LogP contribution in [0.4, 0.5) is 0 Å². The third kappa shape index (κ3) is 3.43. The van der Waals surface area contributed by atoms with Gasteiger partial charge in [0.05, 0.1) is 12.2 Å². The Bertz CT molecular complexity index is 366. The number of hydrogen-bond donors (Lipinski definition) is 3. The Labute approximate surface area is 94.0 Å². The summed E-state index contributed by atoms with van der Waals surface area (Å²) in [7, 11) is 0. The van der Waals surface area contributed by atoms with Crippen molar-refractivity contribution in [2.75, 3.05) is 13.2 Å². The predicted octanol–water partition coefficient (Wildman–Crippen LogP) is 0.609. The van der Waals surface area contributed by atoms with Crippen LogP contribution in [0, 0.1) is 0 Å². The average Bonchev–Trinajstić information content (AvgIpc) is 2.26. The number of primary amides is 1. The second-order valence-electron chi connectivity index (χ2n) is 3.39. The molecule has 5 heteroatoms. The maximum atomic E-state index is 10.9. The van der Waals surface area contributed by atoms with Crippen LogP contribution in [-0.4, -0.2) is 24.2 Å². The number of rotatable bonds is 6. The minimum Gasteiger partial charge on any atom is -0.507 e. The van der Waals surface area contributed by atoms with Crippen molar-refractivity contribution in [3.63, 3.8) is 0 Å². The van der Waals surface area contributed by atoms with Crippen LogP contribution in [0.2, 0.25) is 0 Å². The Morgan fingerprint density at radius 1 is 1.38 bits per heavy atom. The molecule has 0 unspecified atom stereocenters. The van der Waals surface area contributed by atoms with E-state index < -0.39 is 5.91 Å². The zero-order valence-electron chi connectivity index (χ0n) is 8.98. The molecule has 0 aromatic heterocycles. The van der Waals surface area contributed by atoms with Crippen molar-refractivity contribution >= 4 is 5.91 Å². The molecule has 1 amide bonds. The van der Waals surface area contributed by atoms with Gasteiger partial charge in [0, 0.05) is 0 Å². The molecule has 0 aliphatic rings.